The number of nitrogens with one attached hydrogen (secondary N) is 2. The van der Waals surface area contributed by atoms with Crippen LogP contribution in [0.3, 0.4) is 0 Å². The van der Waals surface area contributed by atoms with Crippen molar-refractivity contribution < 1.29 is 85.1 Å². The van der Waals surface area contributed by atoms with Crippen molar-refractivity contribution in [2.75, 3.05) is 22.1 Å². The van der Waals surface area contributed by atoms with E-state index < -0.39 is 30.0 Å². The van der Waals surface area contributed by atoms with E-state index in [1.165, 1.54) is 36.4 Å². The van der Waals surface area contributed by atoms with E-state index in [2.05, 4.69) is 40.5 Å². The van der Waals surface area contributed by atoms with E-state index in [1.807, 2.05) is 0 Å². The van der Waals surface area contributed by atoms with Crippen LogP contribution in [0.5, 0.6) is 0 Å². The molecule has 16 nitrogen and oxygen atoms in total. The van der Waals surface area contributed by atoms with Crippen molar-refractivity contribution in [3.05, 3.63) is 58.6 Å². The van der Waals surface area contributed by atoms with Crippen LogP contribution in [0.15, 0.2) is 46.2 Å². The Kier molecular flexibility index (Phi) is 12.2. The third-order valence-corrected chi connectivity index (χ3v) is 6.86. The third kappa shape index (κ3) is 9.51. The molecule has 0 fully saturated rings. The quantitative estimate of drug-likeness (QED) is 0.0797. The zero-order valence-electron chi connectivity index (χ0n) is 22.1. The third-order valence-electron chi connectivity index (χ3n) is 4.91. The number of aromatic nitrogens is 6. The van der Waals surface area contributed by atoms with Crippen LogP contribution >= 0.6 is 11.6 Å². The standard InChI is InChI=1S/C21H19ClN10O6S2.2Na/c1-10-25-18(23)31-20(26-10)27-13-6-4-11(15(8-13)39(33,34)35)2-3-12-5-7-14(9-16(12)40(36,37)38)28-21-30-17(22)29-19(24)32-21;;/h2-9H,1H3,(H,33,34,35)(H,36,37,38)(H3,23,25,26,27,31)(H3,24,28,29,30,32);;/q;2*+1/p-2/b3-2+;;. The Morgan fingerprint density at radius 1 is 0.714 bits per heavy atom. The minimum absolute atomic E-state index is 0. The molecule has 0 saturated heterocycles. The van der Waals surface area contributed by atoms with E-state index in [-0.39, 0.29) is 111 Å². The van der Waals surface area contributed by atoms with Gasteiger partial charge < -0.3 is 31.2 Å². The molecule has 4 aromatic rings. The maximum Gasteiger partial charge on any atom is 1.00 e. The molecule has 0 aliphatic heterocycles. The summed E-state index contributed by atoms with van der Waals surface area (Å²) in [7, 11) is -10.0. The Labute approximate surface area is 288 Å². The number of aryl methyl sites for hydroxylation is 1. The largest absolute Gasteiger partial charge is 1.00 e. The zero-order chi connectivity index (χ0) is 29.2. The number of nitrogens with zero attached hydrogens (tertiary/aromatic N) is 6. The Morgan fingerprint density at radius 3 is 1.55 bits per heavy atom. The van der Waals surface area contributed by atoms with Gasteiger partial charge in [-0.1, -0.05) is 24.3 Å². The van der Waals surface area contributed by atoms with Gasteiger partial charge in [0.25, 0.3) is 0 Å². The predicted octanol–water partition coefficient (Wildman–Crippen LogP) is -4.34. The summed E-state index contributed by atoms with van der Waals surface area (Å²) < 4.78 is 72.0. The Bertz CT molecular complexity index is 1710. The van der Waals surface area contributed by atoms with Crippen LogP contribution in [-0.2, 0) is 20.2 Å². The summed E-state index contributed by atoms with van der Waals surface area (Å²) >= 11 is 5.73. The number of nitrogens with two attached hydrogens (primary N) is 2. The first-order valence-corrected chi connectivity index (χ1v) is 13.9. The molecule has 0 saturated carbocycles. The van der Waals surface area contributed by atoms with Crippen molar-refractivity contribution in [1.29, 1.82) is 0 Å². The molecular weight excluding hydrogens is 634 g/mol. The minimum atomic E-state index is -5.02. The van der Waals surface area contributed by atoms with E-state index in [4.69, 9.17) is 23.1 Å². The number of halogens is 1. The van der Waals surface area contributed by atoms with Crippen molar-refractivity contribution in [3.8, 4) is 0 Å². The molecule has 0 aliphatic carbocycles. The van der Waals surface area contributed by atoms with Crippen molar-refractivity contribution in [2.45, 2.75) is 16.7 Å². The van der Waals surface area contributed by atoms with Crippen molar-refractivity contribution in [2.24, 2.45) is 0 Å². The predicted molar refractivity (Wildman–Crippen MR) is 143 cm³/mol. The average molecular weight is 651 g/mol. The van der Waals surface area contributed by atoms with Gasteiger partial charge in [0.05, 0.1) is 9.79 Å². The first-order chi connectivity index (χ1) is 18.7. The Hall–Kier alpha value is -2.49. The summed E-state index contributed by atoms with van der Waals surface area (Å²) in [5, 5.41) is 5.17. The van der Waals surface area contributed by atoms with Crippen molar-refractivity contribution >= 4 is 79.2 Å². The maximum absolute atomic E-state index is 12.0. The topological polar surface area (TPSA) is 268 Å². The SMILES string of the molecule is Cc1nc(N)nc(Nc2ccc(/C=C/c3ccc(Nc4nc(N)nc(Cl)n4)cc3S(=O)(=O)[O-])c(S(=O)(=O)[O-])c2)n1.[Na+].[Na+]. The normalized spacial score (nSPS) is 11.4. The number of rotatable bonds is 8. The summed E-state index contributed by atoms with van der Waals surface area (Å²) in [4.78, 5) is 21.6. The molecule has 0 atom stereocenters. The molecule has 4 rings (SSSR count). The van der Waals surface area contributed by atoms with Crippen LogP contribution in [0.4, 0.5) is 35.2 Å². The van der Waals surface area contributed by atoms with E-state index in [1.54, 1.807) is 6.92 Å². The number of nitrogen functional groups attached to an aromatic ring is 2. The monoisotopic (exact) mass is 650 g/mol. The number of hydrogen-bond donors (Lipinski definition) is 4. The van der Waals surface area contributed by atoms with Crippen LogP contribution in [0, 0.1) is 6.92 Å². The zero-order valence-corrected chi connectivity index (χ0v) is 28.5. The second kappa shape index (κ2) is 14.3. The molecule has 0 bridgehead atoms. The molecule has 0 radical (unpaired) electrons. The molecule has 2 aromatic heterocycles. The van der Waals surface area contributed by atoms with Gasteiger partial charge in [0.1, 0.15) is 26.1 Å². The summed E-state index contributed by atoms with van der Waals surface area (Å²) in [6, 6.07) is 7.43. The summed E-state index contributed by atoms with van der Waals surface area (Å²) in [5.74, 6) is -0.0556. The van der Waals surface area contributed by atoms with Crippen molar-refractivity contribution in [1.82, 2.24) is 29.9 Å². The molecule has 0 spiro atoms. The van der Waals surface area contributed by atoms with Gasteiger partial charge in [-0.2, -0.15) is 29.9 Å². The summed E-state index contributed by atoms with van der Waals surface area (Å²) in [5.41, 5.74) is 11.2. The smallest absolute Gasteiger partial charge is 0.744 e. The van der Waals surface area contributed by atoms with Crippen LogP contribution in [0.2, 0.25) is 5.28 Å². The minimum Gasteiger partial charge on any atom is -0.744 e. The first-order valence-electron chi connectivity index (χ1n) is 10.7. The molecule has 0 amide bonds. The fourth-order valence-electron chi connectivity index (χ4n) is 3.35. The molecule has 2 heterocycles. The molecule has 6 N–H and O–H groups in total. The molecule has 208 valence electrons. The average Bonchev–Trinajstić information content (AvgIpc) is 2.81. The van der Waals surface area contributed by atoms with E-state index >= 15 is 0 Å². The van der Waals surface area contributed by atoms with Gasteiger partial charge in [0, 0.05) is 11.4 Å². The van der Waals surface area contributed by atoms with Gasteiger partial charge in [0.2, 0.25) is 29.1 Å². The maximum atomic E-state index is 12.0. The number of benzene rings is 2. The molecule has 0 aliphatic rings. The van der Waals surface area contributed by atoms with Gasteiger partial charge in [-0.05, 0) is 53.9 Å². The fourth-order valence-corrected chi connectivity index (χ4v) is 4.91. The van der Waals surface area contributed by atoms with Gasteiger partial charge in [-0.3, -0.25) is 0 Å². The second-order valence-electron chi connectivity index (χ2n) is 7.85. The molecule has 0 unspecified atom stereocenters. The van der Waals surface area contributed by atoms with Crippen LogP contribution in [0.25, 0.3) is 12.2 Å². The Morgan fingerprint density at radius 2 is 1.14 bits per heavy atom. The van der Waals surface area contributed by atoms with Gasteiger partial charge in [0.15, 0.2) is 0 Å². The van der Waals surface area contributed by atoms with Crippen LogP contribution in [-0.4, -0.2) is 55.8 Å². The molecular formula is C21H17ClN10Na2O6S2. The molecule has 21 heteroatoms. The van der Waals surface area contributed by atoms with Gasteiger partial charge >= 0.3 is 59.1 Å². The first kappa shape index (κ1) is 35.7. The van der Waals surface area contributed by atoms with E-state index in [0.29, 0.717) is 5.82 Å². The van der Waals surface area contributed by atoms with E-state index in [0.717, 1.165) is 12.1 Å². The second-order valence-corrected chi connectivity index (χ2v) is 10.9. The van der Waals surface area contributed by atoms with Crippen molar-refractivity contribution in [3.63, 3.8) is 0 Å². The van der Waals surface area contributed by atoms with Gasteiger partial charge in [-0.25, -0.2) is 16.8 Å². The molecule has 42 heavy (non-hydrogen) atoms. The van der Waals surface area contributed by atoms with E-state index in [9.17, 15) is 25.9 Å². The van der Waals surface area contributed by atoms with Crippen LogP contribution < -0.4 is 81.2 Å². The molecule has 2 aromatic carbocycles. The Balaban J connectivity index is 0.00000308. The fraction of sp³-hybridized carbons (Fsp3) is 0.0476. The summed E-state index contributed by atoms with van der Waals surface area (Å²) in [6.07, 6.45) is 2.34. The summed E-state index contributed by atoms with van der Waals surface area (Å²) in [6.45, 7) is 1.57. The number of hydrogen-bond acceptors (Lipinski definition) is 16. The number of anilines is 6. The van der Waals surface area contributed by atoms with Crippen LogP contribution in [0.1, 0.15) is 17.0 Å². The van der Waals surface area contributed by atoms with Gasteiger partial charge in [-0.15, -0.1) is 0 Å².